The van der Waals surface area contributed by atoms with Gasteiger partial charge in [-0.05, 0) is 54.3 Å². The lowest BCUT2D eigenvalue weighted by Crippen LogP contribution is -2.19. The zero-order valence-electron chi connectivity index (χ0n) is 11.8. The average Bonchev–Trinajstić information content (AvgIpc) is 2.77. The van der Waals surface area contributed by atoms with E-state index in [0.717, 1.165) is 10.1 Å². The van der Waals surface area contributed by atoms with E-state index in [4.69, 9.17) is 0 Å². The normalized spacial score (nSPS) is 11.6. The van der Waals surface area contributed by atoms with Crippen LogP contribution in [-0.2, 0) is 16.6 Å². The van der Waals surface area contributed by atoms with Gasteiger partial charge in [-0.2, -0.15) is 5.10 Å². The average molecular weight is 420 g/mol. The number of anilines is 1. The Hall–Kier alpha value is -1.13. The Labute approximate surface area is 137 Å². The smallest absolute Gasteiger partial charge is 0.265 e. The summed E-state index contributed by atoms with van der Waals surface area (Å²) < 4.78 is 28.7. The van der Waals surface area contributed by atoms with E-state index in [2.05, 4.69) is 42.8 Å². The molecule has 2 aromatic rings. The van der Waals surface area contributed by atoms with Gasteiger partial charge in [-0.1, -0.05) is 13.0 Å². The van der Waals surface area contributed by atoms with E-state index in [0.29, 0.717) is 23.6 Å². The Bertz CT molecular complexity index is 728. The molecule has 0 radical (unpaired) electrons. The Kier molecular flexibility index (Phi) is 5.22. The molecule has 0 fully saturated rings. The summed E-state index contributed by atoms with van der Waals surface area (Å²) >= 11 is 2.14. The van der Waals surface area contributed by atoms with Crippen molar-refractivity contribution in [3.05, 3.63) is 39.2 Å². The van der Waals surface area contributed by atoms with E-state index in [-0.39, 0.29) is 4.90 Å². The van der Waals surface area contributed by atoms with Crippen LogP contribution in [0.4, 0.5) is 5.69 Å². The van der Waals surface area contributed by atoms with Crippen LogP contribution < -0.4 is 10.0 Å². The molecule has 3 N–H and O–H groups in total. The summed E-state index contributed by atoms with van der Waals surface area (Å²) in [5, 5.41) is 9.90. The highest BCUT2D eigenvalue weighted by molar-refractivity contribution is 14.1. The van der Waals surface area contributed by atoms with Gasteiger partial charge >= 0.3 is 0 Å². The summed E-state index contributed by atoms with van der Waals surface area (Å²) in [6, 6.07) is 7.20. The lowest BCUT2D eigenvalue weighted by molar-refractivity contribution is 0.597. The highest BCUT2D eigenvalue weighted by Gasteiger charge is 2.24. The van der Waals surface area contributed by atoms with Crippen molar-refractivity contribution in [1.29, 1.82) is 0 Å². The Morgan fingerprint density at radius 2 is 2.14 bits per heavy atom. The molecule has 0 atom stereocenters. The molecule has 0 saturated heterocycles. The van der Waals surface area contributed by atoms with Crippen LogP contribution in [-0.4, -0.2) is 25.2 Å². The minimum atomic E-state index is -3.67. The third-order valence-electron chi connectivity index (χ3n) is 2.85. The van der Waals surface area contributed by atoms with Crippen molar-refractivity contribution in [1.82, 2.24) is 15.5 Å². The van der Waals surface area contributed by atoms with Gasteiger partial charge in [-0.15, -0.1) is 0 Å². The van der Waals surface area contributed by atoms with Crippen molar-refractivity contribution in [2.75, 3.05) is 11.3 Å². The highest BCUT2D eigenvalue weighted by Crippen LogP contribution is 2.22. The zero-order valence-corrected chi connectivity index (χ0v) is 14.7. The second kappa shape index (κ2) is 6.75. The summed E-state index contributed by atoms with van der Waals surface area (Å²) in [6.07, 6.45) is 0. The van der Waals surface area contributed by atoms with Crippen molar-refractivity contribution >= 4 is 38.3 Å². The lowest BCUT2D eigenvalue weighted by Gasteiger charge is -2.09. The fraction of sp³-hybridized carbons (Fsp3) is 0.308. The van der Waals surface area contributed by atoms with Gasteiger partial charge in [0.1, 0.15) is 4.90 Å². The van der Waals surface area contributed by atoms with Crippen LogP contribution in [0.1, 0.15) is 18.3 Å². The van der Waals surface area contributed by atoms with E-state index in [9.17, 15) is 8.42 Å². The topological polar surface area (TPSA) is 86.9 Å². The van der Waals surface area contributed by atoms with Crippen LogP contribution in [0.25, 0.3) is 0 Å². The maximum atomic E-state index is 12.6. The third kappa shape index (κ3) is 3.95. The molecule has 114 valence electrons. The summed E-state index contributed by atoms with van der Waals surface area (Å²) in [5.41, 5.74) is 1.56. The third-order valence-corrected chi connectivity index (χ3v) is 5.10. The van der Waals surface area contributed by atoms with Crippen LogP contribution >= 0.6 is 22.6 Å². The molecule has 8 heteroatoms. The number of H-pyrrole nitrogens is 1. The maximum absolute atomic E-state index is 12.6. The van der Waals surface area contributed by atoms with Crippen LogP contribution in [0, 0.1) is 10.5 Å². The summed E-state index contributed by atoms with van der Waals surface area (Å²) in [6.45, 7) is 4.81. The number of aryl methyl sites for hydroxylation is 1. The molecule has 0 aliphatic carbocycles. The first kappa shape index (κ1) is 16.2. The molecule has 0 aliphatic heterocycles. The number of rotatable bonds is 6. The molecule has 0 aliphatic rings. The van der Waals surface area contributed by atoms with Crippen molar-refractivity contribution in [2.45, 2.75) is 25.3 Å². The molecule has 0 amide bonds. The van der Waals surface area contributed by atoms with E-state index in [1.165, 1.54) is 0 Å². The van der Waals surface area contributed by atoms with E-state index >= 15 is 0 Å². The van der Waals surface area contributed by atoms with Gasteiger partial charge in [0.15, 0.2) is 0 Å². The number of hydrogen-bond acceptors (Lipinski definition) is 4. The van der Waals surface area contributed by atoms with E-state index in [1.54, 1.807) is 25.1 Å². The molecule has 0 bridgehead atoms. The van der Waals surface area contributed by atoms with Crippen molar-refractivity contribution < 1.29 is 8.42 Å². The van der Waals surface area contributed by atoms with Crippen LogP contribution in [0.5, 0.6) is 0 Å². The number of aromatic nitrogens is 2. The lowest BCUT2D eigenvalue weighted by atomic mass is 10.3. The SMILES string of the molecule is CCNCc1n[nH]c(C)c1S(=O)(=O)Nc1cccc(I)c1. The maximum Gasteiger partial charge on any atom is 0.265 e. The second-order valence-corrected chi connectivity index (χ2v) is 7.39. The first-order chi connectivity index (χ1) is 9.94. The predicted molar refractivity (Wildman–Crippen MR) is 90.7 cm³/mol. The van der Waals surface area contributed by atoms with Crippen LogP contribution in [0.3, 0.4) is 0 Å². The molecule has 21 heavy (non-hydrogen) atoms. The number of aromatic amines is 1. The molecule has 0 saturated carbocycles. The number of sulfonamides is 1. The van der Waals surface area contributed by atoms with Crippen molar-refractivity contribution in [3.63, 3.8) is 0 Å². The predicted octanol–water partition coefficient (Wildman–Crippen LogP) is 2.23. The first-order valence-electron chi connectivity index (χ1n) is 6.47. The number of halogens is 1. The second-order valence-electron chi connectivity index (χ2n) is 4.52. The van der Waals surface area contributed by atoms with Gasteiger partial charge < -0.3 is 5.32 Å². The number of nitrogens with zero attached hydrogens (tertiary/aromatic N) is 1. The monoisotopic (exact) mass is 420 g/mol. The molecule has 1 aromatic carbocycles. The molecule has 6 nitrogen and oxygen atoms in total. The van der Waals surface area contributed by atoms with Crippen LogP contribution in [0.2, 0.25) is 0 Å². The minimum Gasteiger partial charge on any atom is -0.311 e. The van der Waals surface area contributed by atoms with Gasteiger partial charge in [0.25, 0.3) is 10.0 Å². The van der Waals surface area contributed by atoms with Crippen molar-refractivity contribution in [3.8, 4) is 0 Å². The van der Waals surface area contributed by atoms with Crippen LogP contribution in [0.15, 0.2) is 29.2 Å². The molecule has 1 aromatic heterocycles. The zero-order chi connectivity index (χ0) is 15.5. The highest BCUT2D eigenvalue weighted by atomic mass is 127. The van der Waals surface area contributed by atoms with Gasteiger partial charge in [0.05, 0.1) is 11.4 Å². The Morgan fingerprint density at radius 1 is 1.38 bits per heavy atom. The van der Waals surface area contributed by atoms with Gasteiger partial charge in [0.2, 0.25) is 0 Å². The van der Waals surface area contributed by atoms with Gasteiger partial charge in [0, 0.05) is 15.8 Å². The fourth-order valence-electron chi connectivity index (χ4n) is 1.95. The number of hydrogen-bond donors (Lipinski definition) is 3. The molecule has 1 heterocycles. The largest absolute Gasteiger partial charge is 0.311 e. The number of nitrogens with one attached hydrogen (secondary N) is 3. The van der Waals surface area contributed by atoms with Gasteiger partial charge in [-0.3, -0.25) is 9.82 Å². The minimum absolute atomic E-state index is 0.210. The first-order valence-corrected chi connectivity index (χ1v) is 9.03. The summed E-state index contributed by atoms with van der Waals surface area (Å²) in [5.74, 6) is 0. The quantitative estimate of drug-likeness (QED) is 0.626. The Morgan fingerprint density at radius 3 is 2.81 bits per heavy atom. The number of benzene rings is 1. The fourth-order valence-corrected chi connectivity index (χ4v) is 3.91. The molecular formula is C13H17IN4O2S. The van der Waals surface area contributed by atoms with E-state index < -0.39 is 10.0 Å². The molecule has 2 rings (SSSR count). The summed E-state index contributed by atoms with van der Waals surface area (Å²) in [7, 11) is -3.67. The standard InChI is InChI=1S/C13H17IN4O2S/c1-3-15-8-12-13(9(2)16-17-12)21(19,20)18-11-6-4-5-10(14)7-11/h4-7,15,18H,3,8H2,1-2H3,(H,16,17). The molecule has 0 spiro atoms. The van der Waals surface area contributed by atoms with E-state index in [1.807, 2.05) is 13.0 Å². The summed E-state index contributed by atoms with van der Waals surface area (Å²) in [4.78, 5) is 0.210. The molecule has 0 unspecified atom stereocenters. The Balaban J connectivity index is 2.33. The molecular weight excluding hydrogens is 403 g/mol. The van der Waals surface area contributed by atoms with Crippen molar-refractivity contribution in [2.24, 2.45) is 0 Å². The van der Waals surface area contributed by atoms with Gasteiger partial charge in [-0.25, -0.2) is 8.42 Å².